The van der Waals surface area contributed by atoms with E-state index in [9.17, 15) is 0 Å². The van der Waals surface area contributed by atoms with Gasteiger partial charge in [-0.1, -0.05) is 17.7 Å². The van der Waals surface area contributed by atoms with Crippen molar-refractivity contribution < 1.29 is 14.2 Å². The van der Waals surface area contributed by atoms with Gasteiger partial charge in [-0.2, -0.15) is 0 Å². The number of thiophene rings is 1. The highest BCUT2D eigenvalue weighted by molar-refractivity contribution is 7.20. The minimum atomic E-state index is 0.0214. The molecule has 136 valence electrons. The molecule has 0 saturated carbocycles. The van der Waals surface area contributed by atoms with E-state index in [1.165, 1.54) is 11.1 Å². The van der Waals surface area contributed by atoms with Crippen molar-refractivity contribution in [3.8, 4) is 17.2 Å². The number of fused-ring (bicyclic) bond motifs is 2. The molecular formula is C20H20ClNO3S. The molecule has 1 atom stereocenters. The SMILES string of the molecule is COc1cc2c(cc1OC)C(c1sc3cccc(OC)c3c1Cl)NCC2. The second kappa shape index (κ2) is 6.99. The molecule has 2 heterocycles. The molecule has 4 rings (SSSR count). The number of benzene rings is 2. The summed E-state index contributed by atoms with van der Waals surface area (Å²) in [5, 5.41) is 5.34. The number of hydrogen-bond donors (Lipinski definition) is 1. The highest BCUT2D eigenvalue weighted by Crippen LogP contribution is 2.47. The van der Waals surface area contributed by atoms with Gasteiger partial charge >= 0.3 is 0 Å². The molecule has 0 saturated heterocycles. The lowest BCUT2D eigenvalue weighted by atomic mass is 9.92. The molecule has 2 aromatic carbocycles. The Hall–Kier alpha value is -1.95. The predicted octanol–water partition coefficient (Wildman–Crippen LogP) is 4.82. The average Bonchev–Trinajstić information content (AvgIpc) is 3.03. The van der Waals surface area contributed by atoms with Crippen LogP contribution < -0.4 is 19.5 Å². The van der Waals surface area contributed by atoms with E-state index in [4.69, 9.17) is 25.8 Å². The highest BCUT2D eigenvalue weighted by atomic mass is 35.5. The van der Waals surface area contributed by atoms with Crippen LogP contribution in [-0.2, 0) is 6.42 Å². The number of rotatable bonds is 4. The lowest BCUT2D eigenvalue weighted by molar-refractivity contribution is 0.353. The maximum absolute atomic E-state index is 6.81. The third kappa shape index (κ3) is 2.71. The van der Waals surface area contributed by atoms with Crippen LogP contribution in [0.5, 0.6) is 17.2 Å². The molecule has 0 radical (unpaired) electrons. The van der Waals surface area contributed by atoms with Crippen LogP contribution in [0.3, 0.4) is 0 Å². The predicted molar refractivity (Wildman–Crippen MR) is 106 cm³/mol. The Kier molecular flexibility index (Phi) is 4.69. The van der Waals surface area contributed by atoms with Gasteiger partial charge in [-0.25, -0.2) is 0 Å². The number of halogens is 1. The van der Waals surface area contributed by atoms with E-state index in [-0.39, 0.29) is 6.04 Å². The molecule has 1 unspecified atom stereocenters. The number of ether oxygens (including phenoxy) is 3. The fourth-order valence-corrected chi connectivity index (χ4v) is 5.26. The van der Waals surface area contributed by atoms with E-state index >= 15 is 0 Å². The van der Waals surface area contributed by atoms with Crippen molar-refractivity contribution >= 4 is 33.0 Å². The van der Waals surface area contributed by atoms with Crippen molar-refractivity contribution in [2.45, 2.75) is 12.5 Å². The summed E-state index contributed by atoms with van der Waals surface area (Å²) in [6.45, 7) is 0.884. The molecular weight excluding hydrogens is 370 g/mol. The van der Waals surface area contributed by atoms with Gasteiger partial charge in [-0.3, -0.25) is 0 Å². The first-order chi connectivity index (χ1) is 12.7. The molecule has 1 aromatic heterocycles. The maximum Gasteiger partial charge on any atom is 0.161 e. The van der Waals surface area contributed by atoms with E-state index in [2.05, 4.69) is 23.5 Å². The minimum Gasteiger partial charge on any atom is -0.496 e. The first-order valence-electron chi connectivity index (χ1n) is 8.41. The zero-order valence-electron chi connectivity index (χ0n) is 14.9. The first kappa shape index (κ1) is 17.5. The van der Waals surface area contributed by atoms with E-state index in [1.54, 1.807) is 32.7 Å². The molecule has 0 spiro atoms. The summed E-state index contributed by atoms with van der Waals surface area (Å²) in [5.41, 5.74) is 2.44. The summed E-state index contributed by atoms with van der Waals surface area (Å²) in [5.74, 6) is 2.30. The Balaban J connectivity index is 1.89. The fraction of sp³-hybridized carbons (Fsp3) is 0.300. The summed E-state index contributed by atoms with van der Waals surface area (Å²) in [4.78, 5) is 1.10. The van der Waals surface area contributed by atoms with Gasteiger partial charge in [0.15, 0.2) is 11.5 Å². The van der Waals surface area contributed by atoms with E-state index in [0.717, 1.165) is 50.2 Å². The largest absolute Gasteiger partial charge is 0.496 e. The molecule has 0 bridgehead atoms. The second-order valence-electron chi connectivity index (χ2n) is 6.16. The van der Waals surface area contributed by atoms with Gasteiger partial charge in [0.25, 0.3) is 0 Å². The van der Waals surface area contributed by atoms with Crippen molar-refractivity contribution in [1.29, 1.82) is 0 Å². The van der Waals surface area contributed by atoms with E-state index in [1.807, 2.05) is 12.1 Å². The molecule has 0 amide bonds. The first-order valence-corrected chi connectivity index (χ1v) is 9.60. The Bertz CT molecular complexity index is 969. The van der Waals surface area contributed by atoms with Crippen LogP contribution in [0.1, 0.15) is 22.0 Å². The van der Waals surface area contributed by atoms with Gasteiger partial charge in [0, 0.05) is 16.1 Å². The molecule has 4 nitrogen and oxygen atoms in total. The van der Waals surface area contributed by atoms with Crippen LogP contribution in [0, 0.1) is 0 Å². The smallest absolute Gasteiger partial charge is 0.161 e. The summed E-state index contributed by atoms with van der Waals surface area (Å²) in [7, 11) is 5.00. The standard InChI is InChI=1S/C20H20ClNO3S/c1-23-13-5-4-6-16-17(13)18(21)20(26-16)19-12-10-15(25-3)14(24-2)9-11(12)7-8-22-19/h4-6,9-10,19,22H,7-8H2,1-3H3. The summed E-state index contributed by atoms with van der Waals surface area (Å²) < 4.78 is 17.6. The highest BCUT2D eigenvalue weighted by Gasteiger charge is 2.28. The van der Waals surface area contributed by atoms with Crippen LogP contribution in [0.4, 0.5) is 0 Å². The van der Waals surface area contributed by atoms with Crippen molar-refractivity contribution in [3.05, 3.63) is 51.4 Å². The van der Waals surface area contributed by atoms with Crippen LogP contribution in [0.15, 0.2) is 30.3 Å². The molecule has 3 aromatic rings. The number of nitrogens with one attached hydrogen (secondary N) is 1. The third-order valence-corrected chi connectivity index (χ3v) is 6.55. The van der Waals surface area contributed by atoms with Gasteiger partial charge in [0.1, 0.15) is 5.75 Å². The Morgan fingerprint density at radius 3 is 2.50 bits per heavy atom. The Labute approximate surface area is 161 Å². The van der Waals surface area contributed by atoms with Gasteiger partial charge in [-0.15, -0.1) is 11.3 Å². The molecule has 26 heavy (non-hydrogen) atoms. The molecule has 0 fully saturated rings. The van der Waals surface area contributed by atoms with Crippen molar-refractivity contribution in [3.63, 3.8) is 0 Å². The lowest BCUT2D eigenvalue weighted by Crippen LogP contribution is -2.30. The van der Waals surface area contributed by atoms with Crippen LogP contribution in [0.2, 0.25) is 5.02 Å². The van der Waals surface area contributed by atoms with Crippen molar-refractivity contribution in [2.24, 2.45) is 0 Å². The normalized spacial score (nSPS) is 16.4. The number of methoxy groups -OCH3 is 3. The molecule has 1 aliphatic heterocycles. The summed E-state index contributed by atoms with van der Waals surface area (Å²) >= 11 is 8.51. The van der Waals surface area contributed by atoms with E-state index < -0.39 is 0 Å². The van der Waals surface area contributed by atoms with E-state index in [0.29, 0.717) is 0 Å². The van der Waals surface area contributed by atoms with Gasteiger partial charge in [-0.05, 0) is 41.8 Å². The number of hydrogen-bond acceptors (Lipinski definition) is 5. The zero-order chi connectivity index (χ0) is 18.3. The zero-order valence-corrected chi connectivity index (χ0v) is 16.5. The van der Waals surface area contributed by atoms with Crippen LogP contribution in [-0.4, -0.2) is 27.9 Å². The molecule has 1 N–H and O–H groups in total. The Morgan fingerprint density at radius 1 is 1.04 bits per heavy atom. The quantitative estimate of drug-likeness (QED) is 0.694. The fourth-order valence-electron chi connectivity index (χ4n) is 3.57. The Morgan fingerprint density at radius 2 is 1.77 bits per heavy atom. The lowest BCUT2D eigenvalue weighted by Gasteiger charge is -2.27. The van der Waals surface area contributed by atoms with Crippen molar-refractivity contribution in [1.82, 2.24) is 5.32 Å². The average molecular weight is 390 g/mol. The molecule has 6 heteroatoms. The van der Waals surface area contributed by atoms with Crippen LogP contribution >= 0.6 is 22.9 Å². The van der Waals surface area contributed by atoms with Gasteiger partial charge in [0.2, 0.25) is 0 Å². The summed E-state index contributed by atoms with van der Waals surface area (Å²) in [6, 6.07) is 10.2. The second-order valence-corrected chi connectivity index (χ2v) is 7.62. The topological polar surface area (TPSA) is 39.7 Å². The van der Waals surface area contributed by atoms with Gasteiger partial charge < -0.3 is 19.5 Å². The maximum atomic E-state index is 6.81. The van der Waals surface area contributed by atoms with Crippen LogP contribution in [0.25, 0.3) is 10.1 Å². The molecule has 0 aliphatic carbocycles. The molecule has 1 aliphatic rings. The van der Waals surface area contributed by atoms with Gasteiger partial charge in [0.05, 0.1) is 37.8 Å². The third-order valence-electron chi connectivity index (χ3n) is 4.83. The minimum absolute atomic E-state index is 0.0214. The summed E-state index contributed by atoms with van der Waals surface area (Å²) in [6.07, 6.45) is 0.942. The van der Waals surface area contributed by atoms with Crippen molar-refractivity contribution in [2.75, 3.05) is 27.9 Å². The monoisotopic (exact) mass is 389 g/mol.